The van der Waals surface area contributed by atoms with Gasteiger partial charge in [0.1, 0.15) is 0 Å². The summed E-state index contributed by atoms with van der Waals surface area (Å²) in [4.78, 5) is 45.8. The Bertz CT molecular complexity index is 966. The molecule has 150 valence electrons. The minimum Gasteiger partial charge on any atom is -0.381 e. The molecule has 2 aliphatic heterocycles. The normalized spacial score (nSPS) is 20.8. The lowest BCUT2D eigenvalue weighted by Crippen LogP contribution is -2.57. The van der Waals surface area contributed by atoms with E-state index in [1.165, 1.54) is 6.20 Å². The number of carbonyl (C=O) groups is 3. The number of hydrogen-bond acceptors (Lipinski definition) is 5. The number of nitrogens with zero attached hydrogens (tertiary/aromatic N) is 3. The zero-order valence-corrected chi connectivity index (χ0v) is 16.7. The van der Waals surface area contributed by atoms with Gasteiger partial charge in [0.15, 0.2) is 5.15 Å². The number of amides is 2. The van der Waals surface area contributed by atoms with Crippen molar-refractivity contribution in [1.82, 2.24) is 14.8 Å². The van der Waals surface area contributed by atoms with Crippen molar-refractivity contribution in [3.63, 3.8) is 0 Å². The van der Waals surface area contributed by atoms with E-state index in [-0.39, 0.29) is 11.9 Å². The molecular weight excluding hydrogens is 392 g/mol. The lowest BCUT2D eigenvalue weighted by atomic mass is 9.96. The molecule has 1 saturated heterocycles. The van der Waals surface area contributed by atoms with E-state index in [9.17, 15) is 14.4 Å². The second kappa shape index (κ2) is 7.83. The molecule has 29 heavy (non-hydrogen) atoms. The van der Waals surface area contributed by atoms with Crippen LogP contribution in [0.5, 0.6) is 0 Å². The van der Waals surface area contributed by atoms with Gasteiger partial charge in [-0.05, 0) is 30.7 Å². The van der Waals surface area contributed by atoms with Crippen molar-refractivity contribution in [2.24, 2.45) is 0 Å². The monoisotopic (exact) mass is 412 g/mol. The van der Waals surface area contributed by atoms with Crippen molar-refractivity contribution in [1.29, 1.82) is 0 Å². The SMILES string of the molecule is CC1CN(C(=O)c2ccccc2)CCN1C(=O)C(=O)C1CNc2c1ccnc2Cl. The minimum atomic E-state index is -0.575. The maximum atomic E-state index is 12.9. The third kappa shape index (κ3) is 3.58. The summed E-state index contributed by atoms with van der Waals surface area (Å²) in [7, 11) is 0. The number of piperazine rings is 1. The van der Waals surface area contributed by atoms with Gasteiger partial charge in [-0.2, -0.15) is 0 Å². The van der Waals surface area contributed by atoms with E-state index in [1.807, 2.05) is 25.1 Å². The molecule has 0 saturated carbocycles. The number of pyridine rings is 1. The van der Waals surface area contributed by atoms with Crippen LogP contribution in [0.1, 0.15) is 28.8 Å². The van der Waals surface area contributed by atoms with E-state index in [2.05, 4.69) is 10.3 Å². The zero-order valence-electron chi connectivity index (χ0n) is 16.0. The number of anilines is 1. The quantitative estimate of drug-likeness (QED) is 0.617. The second-order valence-corrected chi connectivity index (χ2v) is 7.69. The van der Waals surface area contributed by atoms with Crippen LogP contribution in [0, 0.1) is 0 Å². The fourth-order valence-electron chi connectivity index (χ4n) is 3.96. The maximum absolute atomic E-state index is 12.9. The van der Waals surface area contributed by atoms with Crippen molar-refractivity contribution in [2.75, 3.05) is 31.5 Å². The fourth-order valence-corrected chi connectivity index (χ4v) is 4.19. The first-order valence-corrected chi connectivity index (χ1v) is 9.92. The molecule has 2 atom stereocenters. The summed E-state index contributed by atoms with van der Waals surface area (Å²) < 4.78 is 0. The Morgan fingerprint density at radius 1 is 1.14 bits per heavy atom. The third-order valence-corrected chi connectivity index (χ3v) is 5.81. The molecule has 1 aromatic carbocycles. The molecule has 2 amide bonds. The number of hydrogen-bond donors (Lipinski definition) is 1. The minimum absolute atomic E-state index is 0.0630. The molecule has 4 rings (SSSR count). The predicted octanol–water partition coefficient (Wildman–Crippen LogP) is 2.19. The van der Waals surface area contributed by atoms with Crippen LogP contribution in [0.25, 0.3) is 0 Å². The smallest absolute Gasteiger partial charge is 0.291 e. The second-order valence-electron chi connectivity index (χ2n) is 7.33. The summed E-state index contributed by atoms with van der Waals surface area (Å²) in [6.07, 6.45) is 1.54. The Morgan fingerprint density at radius 3 is 2.62 bits per heavy atom. The first kappa shape index (κ1) is 19.4. The van der Waals surface area contributed by atoms with Gasteiger partial charge in [0.25, 0.3) is 11.8 Å². The highest BCUT2D eigenvalue weighted by Crippen LogP contribution is 2.36. The lowest BCUT2D eigenvalue weighted by molar-refractivity contribution is -0.148. The largest absolute Gasteiger partial charge is 0.381 e. The van der Waals surface area contributed by atoms with Gasteiger partial charge in [-0.1, -0.05) is 29.8 Å². The summed E-state index contributed by atoms with van der Waals surface area (Å²) in [5.74, 6) is -1.62. The van der Waals surface area contributed by atoms with Crippen LogP contribution >= 0.6 is 11.6 Å². The van der Waals surface area contributed by atoms with Crippen molar-refractivity contribution < 1.29 is 14.4 Å². The van der Waals surface area contributed by atoms with E-state index in [4.69, 9.17) is 11.6 Å². The first-order valence-electron chi connectivity index (χ1n) is 9.54. The van der Waals surface area contributed by atoms with Crippen molar-refractivity contribution in [3.8, 4) is 0 Å². The van der Waals surface area contributed by atoms with Crippen LogP contribution in [0.3, 0.4) is 0 Å². The van der Waals surface area contributed by atoms with E-state index in [0.29, 0.717) is 48.1 Å². The Morgan fingerprint density at radius 2 is 1.90 bits per heavy atom. The summed E-state index contributed by atoms with van der Waals surface area (Å²) in [5, 5.41) is 3.37. The van der Waals surface area contributed by atoms with E-state index < -0.39 is 17.6 Å². The van der Waals surface area contributed by atoms with Gasteiger partial charge >= 0.3 is 0 Å². The third-order valence-electron chi connectivity index (χ3n) is 5.52. The molecule has 7 nitrogen and oxygen atoms in total. The van der Waals surface area contributed by atoms with Crippen LogP contribution in [-0.2, 0) is 9.59 Å². The van der Waals surface area contributed by atoms with E-state index >= 15 is 0 Å². The summed E-state index contributed by atoms with van der Waals surface area (Å²) in [5.41, 5.74) is 1.94. The number of ketones is 1. The van der Waals surface area contributed by atoms with Crippen LogP contribution in [0.4, 0.5) is 5.69 Å². The van der Waals surface area contributed by atoms with Gasteiger partial charge in [-0.3, -0.25) is 14.4 Å². The number of halogens is 1. The average molecular weight is 413 g/mol. The topological polar surface area (TPSA) is 82.6 Å². The number of Topliss-reactive ketones (excluding diaryl/α,β-unsaturated/α-hetero) is 1. The number of nitrogens with one attached hydrogen (secondary N) is 1. The molecule has 3 heterocycles. The Balaban J connectivity index is 1.44. The molecule has 2 aromatic rings. The number of rotatable bonds is 3. The number of fused-ring (bicyclic) bond motifs is 1. The van der Waals surface area contributed by atoms with Crippen molar-refractivity contribution >= 4 is 34.9 Å². The van der Waals surface area contributed by atoms with Gasteiger partial charge in [-0.25, -0.2) is 4.98 Å². The molecule has 8 heteroatoms. The Hall–Kier alpha value is -2.93. The van der Waals surface area contributed by atoms with Crippen LogP contribution in [0.15, 0.2) is 42.6 Å². The number of benzene rings is 1. The Kier molecular flexibility index (Phi) is 5.24. The molecule has 1 aromatic heterocycles. The van der Waals surface area contributed by atoms with Crippen LogP contribution in [-0.4, -0.2) is 64.6 Å². The van der Waals surface area contributed by atoms with Crippen molar-refractivity contribution in [2.45, 2.75) is 18.9 Å². The molecule has 1 fully saturated rings. The maximum Gasteiger partial charge on any atom is 0.291 e. The highest BCUT2D eigenvalue weighted by Gasteiger charge is 2.39. The molecule has 2 aliphatic rings. The molecule has 0 spiro atoms. The highest BCUT2D eigenvalue weighted by atomic mass is 35.5. The van der Waals surface area contributed by atoms with Crippen LogP contribution in [0.2, 0.25) is 5.15 Å². The van der Waals surface area contributed by atoms with Gasteiger partial charge in [-0.15, -0.1) is 0 Å². The average Bonchev–Trinajstić information content (AvgIpc) is 3.18. The lowest BCUT2D eigenvalue weighted by Gasteiger charge is -2.39. The molecule has 0 aliphatic carbocycles. The molecule has 0 bridgehead atoms. The molecular formula is C21H21ClN4O3. The zero-order chi connectivity index (χ0) is 20.5. The summed E-state index contributed by atoms with van der Waals surface area (Å²) >= 11 is 6.07. The van der Waals surface area contributed by atoms with Gasteiger partial charge in [0.05, 0.1) is 11.6 Å². The predicted molar refractivity (Wildman–Crippen MR) is 109 cm³/mol. The van der Waals surface area contributed by atoms with E-state index in [1.54, 1.807) is 28.0 Å². The number of aromatic nitrogens is 1. The Labute approximate surface area is 173 Å². The van der Waals surface area contributed by atoms with Crippen molar-refractivity contribution in [3.05, 3.63) is 58.9 Å². The standard InChI is InChI=1S/C21H21ClN4O3/c1-13-12-25(20(28)14-5-3-2-4-6-14)9-10-26(13)21(29)18(27)16-11-24-17-15(16)7-8-23-19(17)22/h2-8,13,16,24H,9-12H2,1H3. The molecule has 2 unspecified atom stereocenters. The van der Waals surface area contributed by atoms with Gasteiger partial charge < -0.3 is 15.1 Å². The van der Waals surface area contributed by atoms with Crippen LogP contribution < -0.4 is 5.32 Å². The first-order chi connectivity index (χ1) is 14.0. The van der Waals surface area contributed by atoms with Gasteiger partial charge in [0.2, 0.25) is 5.78 Å². The molecule has 0 radical (unpaired) electrons. The number of carbonyl (C=O) groups excluding carboxylic acids is 3. The highest BCUT2D eigenvalue weighted by molar-refractivity contribution is 6.39. The summed E-state index contributed by atoms with van der Waals surface area (Å²) in [6, 6.07) is 10.5. The molecule has 1 N–H and O–H groups in total. The van der Waals surface area contributed by atoms with E-state index in [0.717, 1.165) is 0 Å². The fraction of sp³-hybridized carbons (Fsp3) is 0.333. The summed E-state index contributed by atoms with van der Waals surface area (Å²) in [6.45, 7) is 3.30. The van der Waals surface area contributed by atoms with Gasteiger partial charge in [0, 0.05) is 44.0 Å².